The lowest BCUT2D eigenvalue weighted by Gasteiger charge is -2.17. The van der Waals surface area contributed by atoms with Crippen molar-refractivity contribution in [2.24, 2.45) is 0 Å². The maximum atomic E-state index is 13.4. The van der Waals surface area contributed by atoms with Gasteiger partial charge >= 0.3 is 12.4 Å². The van der Waals surface area contributed by atoms with Gasteiger partial charge in [-0.3, -0.25) is 4.98 Å². The number of aromatic nitrogens is 1. The van der Waals surface area contributed by atoms with E-state index in [0.29, 0.717) is 0 Å². The summed E-state index contributed by atoms with van der Waals surface area (Å²) in [5.74, 6) is 0. The summed E-state index contributed by atoms with van der Waals surface area (Å²) >= 11 is 0. The maximum Gasteiger partial charge on any atom is 0.417 e. The van der Waals surface area contributed by atoms with Crippen molar-refractivity contribution in [1.29, 1.82) is 5.26 Å². The van der Waals surface area contributed by atoms with E-state index in [9.17, 15) is 26.3 Å². The number of pyridine rings is 1. The highest BCUT2D eigenvalue weighted by Gasteiger charge is 2.35. The van der Waals surface area contributed by atoms with Gasteiger partial charge in [0.1, 0.15) is 0 Å². The molecule has 0 aliphatic carbocycles. The van der Waals surface area contributed by atoms with E-state index >= 15 is 0 Å². The van der Waals surface area contributed by atoms with Crippen LogP contribution in [-0.2, 0) is 18.8 Å². The monoisotopic (exact) mass is 406 g/mol. The topological polar surface area (TPSA) is 36.7 Å². The van der Waals surface area contributed by atoms with Crippen molar-refractivity contribution in [3.05, 3.63) is 77.5 Å². The van der Waals surface area contributed by atoms with Crippen molar-refractivity contribution in [3.8, 4) is 28.5 Å². The van der Waals surface area contributed by atoms with Crippen molar-refractivity contribution in [2.75, 3.05) is 0 Å². The van der Waals surface area contributed by atoms with E-state index in [4.69, 9.17) is 5.26 Å². The third kappa shape index (κ3) is 4.24. The zero-order chi connectivity index (χ0) is 21.2. The Balaban J connectivity index is 2.21. The molecule has 2 nitrogen and oxygen atoms in total. The van der Waals surface area contributed by atoms with Crippen LogP contribution in [0.15, 0.2) is 60.8 Å². The van der Waals surface area contributed by atoms with Crippen LogP contribution in [0.25, 0.3) is 22.4 Å². The lowest BCUT2D eigenvalue weighted by molar-refractivity contribution is -0.137. The third-order valence-corrected chi connectivity index (χ3v) is 4.29. The Morgan fingerprint density at radius 1 is 0.759 bits per heavy atom. The van der Waals surface area contributed by atoms with E-state index in [1.54, 1.807) is 0 Å². The van der Waals surface area contributed by atoms with Crippen LogP contribution in [-0.4, -0.2) is 4.98 Å². The first-order chi connectivity index (χ1) is 13.6. The first-order valence-corrected chi connectivity index (χ1v) is 8.32. The molecule has 0 N–H and O–H groups in total. The van der Waals surface area contributed by atoms with Gasteiger partial charge < -0.3 is 0 Å². The van der Waals surface area contributed by atoms with Crippen molar-refractivity contribution in [2.45, 2.75) is 18.8 Å². The molecule has 0 aliphatic rings. The molecule has 1 aromatic heterocycles. The second-order valence-corrected chi connectivity index (χ2v) is 6.15. The minimum Gasteiger partial charge on any atom is -0.256 e. The molecular formula is C21H12F6N2. The molecule has 0 unspecified atom stereocenters. The molecule has 0 aliphatic heterocycles. The molecule has 3 aromatic rings. The molecule has 0 saturated carbocycles. The van der Waals surface area contributed by atoms with Crippen molar-refractivity contribution in [3.63, 3.8) is 0 Å². The summed E-state index contributed by atoms with van der Waals surface area (Å²) in [7, 11) is 0. The Morgan fingerprint density at radius 3 is 1.83 bits per heavy atom. The number of halogens is 6. The molecule has 0 bridgehead atoms. The van der Waals surface area contributed by atoms with Crippen LogP contribution >= 0.6 is 0 Å². The zero-order valence-corrected chi connectivity index (χ0v) is 14.6. The highest BCUT2D eigenvalue weighted by molar-refractivity contribution is 5.74. The first kappa shape index (κ1) is 20.4. The molecule has 1 heterocycles. The van der Waals surface area contributed by atoms with Gasteiger partial charge in [0.25, 0.3) is 0 Å². The highest BCUT2D eigenvalue weighted by Crippen LogP contribution is 2.40. The number of hydrogen-bond acceptors (Lipinski definition) is 2. The van der Waals surface area contributed by atoms with Gasteiger partial charge in [-0.2, -0.15) is 31.6 Å². The summed E-state index contributed by atoms with van der Waals surface area (Å²) in [6.45, 7) is 0. The summed E-state index contributed by atoms with van der Waals surface area (Å²) < 4.78 is 80.0. The highest BCUT2D eigenvalue weighted by atomic mass is 19.4. The Morgan fingerprint density at radius 2 is 1.28 bits per heavy atom. The fourth-order valence-corrected chi connectivity index (χ4v) is 3.04. The number of nitrogens with zero attached hydrogens (tertiary/aromatic N) is 2. The predicted octanol–water partition coefficient (Wildman–Crippen LogP) is 6.52. The van der Waals surface area contributed by atoms with Gasteiger partial charge in [-0.25, -0.2) is 0 Å². The first-order valence-electron chi connectivity index (χ1n) is 8.32. The largest absolute Gasteiger partial charge is 0.417 e. The SMILES string of the molecule is N#CCc1cc(-c2ccccc2C(F)(F)F)ncc1-c1ccccc1C(F)(F)F. The van der Waals surface area contributed by atoms with Crippen LogP contribution < -0.4 is 0 Å². The van der Waals surface area contributed by atoms with Gasteiger partial charge in [0.2, 0.25) is 0 Å². The van der Waals surface area contributed by atoms with Crippen molar-refractivity contribution in [1.82, 2.24) is 4.98 Å². The molecular weight excluding hydrogens is 394 g/mol. The molecule has 0 radical (unpaired) electrons. The second-order valence-electron chi connectivity index (χ2n) is 6.15. The van der Waals surface area contributed by atoms with E-state index in [2.05, 4.69) is 4.98 Å². The number of hydrogen-bond donors (Lipinski definition) is 0. The van der Waals surface area contributed by atoms with Gasteiger partial charge in [-0.15, -0.1) is 0 Å². The van der Waals surface area contributed by atoms with Gasteiger partial charge in [-0.05, 0) is 29.3 Å². The van der Waals surface area contributed by atoms with E-state index in [0.717, 1.165) is 18.3 Å². The fraction of sp³-hybridized carbons (Fsp3) is 0.143. The molecule has 0 amide bonds. The molecule has 0 spiro atoms. The van der Waals surface area contributed by atoms with Crippen molar-refractivity contribution < 1.29 is 26.3 Å². The van der Waals surface area contributed by atoms with Gasteiger partial charge in [0.15, 0.2) is 0 Å². The van der Waals surface area contributed by atoms with Gasteiger partial charge in [0.05, 0.1) is 29.3 Å². The molecule has 2 aromatic carbocycles. The lowest BCUT2D eigenvalue weighted by atomic mass is 9.93. The molecule has 8 heteroatoms. The van der Waals surface area contributed by atoms with E-state index in [1.165, 1.54) is 42.5 Å². The Bertz CT molecular complexity index is 1080. The van der Waals surface area contributed by atoms with E-state index < -0.39 is 23.5 Å². The number of nitriles is 1. The zero-order valence-electron chi connectivity index (χ0n) is 14.6. The number of benzene rings is 2. The summed E-state index contributed by atoms with van der Waals surface area (Å²) in [5.41, 5.74) is -2.10. The lowest BCUT2D eigenvalue weighted by Crippen LogP contribution is -2.09. The van der Waals surface area contributed by atoms with Gasteiger partial charge in [0, 0.05) is 17.3 Å². The van der Waals surface area contributed by atoms with E-state index in [1.807, 2.05) is 6.07 Å². The molecule has 0 atom stereocenters. The normalized spacial score (nSPS) is 11.9. The van der Waals surface area contributed by atoms with Crippen LogP contribution in [0.3, 0.4) is 0 Å². The predicted molar refractivity (Wildman–Crippen MR) is 94.4 cm³/mol. The average Bonchev–Trinajstić information content (AvgIpc) is 2.67. The smallest absolute Gasteiger partial charge is 0.256 e. The summed E-state index contributed by atoms with van der Waals surface area (Å²) in [6, 6.07) is 12.6. The van der Waals surface area contributed by atoms with Gasteiger partial charge in [-0.1, -0.05) is 36.4 Å². The summed E-state index contributed by atoms with van der Waals surface area (Å²) in [5, 5.41) is 9.09. The quantitative estimate of drug-likeness (QED) is 0.465. The summed E-state index contributed by atoms with van der Waals surface area (Å²) in [4.78, 5) is 3.99. The summed E-state index contributed by atoms with van der Waals surface area (Å²) in [6.07, 6.45) is -8.47. The van der Waals surface area contributed by atoms with E-state index in [-0.39, 0.29) is 34.4 Å². The average molecular weight is 406 g/mol. The molecule has 0 fully saturated rings. The second kappa shape index (κ2) is 7.59. The minimum absolute atomic E-state index is 0.0488. The molecule has 148 valence electrons. The molecule has 3 rings (SSSR count). The fourth-order valence-electron chi connectivity index (χ4n) is 3.04. The molecule has 29 heavy (non-hydrogen) atoms. The Labute approximate surface area is 162 Å². The Hall–Kier alpha value is -3.34. The number of rotatable bonds is 3. The van der Waals surface area contributed by atoms with Crippen molar-refractivity contribution >= 4 is 0 Å². The maximum absolute atomic E-state index is 13.4. The minimum atomic E-state index is -4.64. The molecule has 0 saturated heterocycles. The van der Waals surface area contributed by atoms with Crippen LogP contribution in [0.4, 0.5) is 26.3 Å². The van der Waals surface area contributed by atoms with Crippen LogP contribution in [0, 0.1) is 11.3 Å². The number of alkyl halides is 6. The third-order valence-electron chi connectivity index (χ3n) is 4.29. The van der Waals surface area contributed by atoms with Crippen LogP contribution in [0.2, 0.25) is 0 Å². The van der Waals surface area contributed by atoms with Crippen LogP contribution in [0.1, 0.15) is 16.7 Å². The van der Waals surface area contributed by atoms with Crippen LogP contribution in [0.5, 0.6) is 0 Å². The standard InChI is InChI=1S/C21H12F6N2/c22-20(23,24)17-7-3-1-5-14(17)16-12-29-19(11-13(16)9-10-28)15-6-2-4-8-18(15)21(25,26)27/h1-8,11-12H,9H2. The Kier molecular flexibility index (Phi) is 5.33.